The van der Waals surface area contributed by atoms with Gasteiger partial charge in [-0.15, -0.1) is 0 Å². The second-order valence-electron chi connectivity index (χ2n) is 2.53. The van der Waals surface area contributed by atoms with Crippen LogP contribution in [0.5, 0.6) is 0 Å². The van der Waals surface area contributed by atoms with Crippen LogP contribution >= 0.6 is 15.9 Å². The lowest BCUT2D eigenvalue weighted by molar-refractivity contribution is -0.110. The van der Waals surface area contributed by atoms with Gasteiger partial charge < -0.3 is 5.32 Å². The topological polar surface area (TPSA) is 29.1 Å². The molecule has 0 saturated heterocycles. The van der Waals surface area contributed by atoms with Gasteiger partial charge in [0, 0.05) is 4.47 Å². The molecule has 1 aromatic rings. The molecule has 0 aromatic heterocycles. The Kier molecular flexibility index (Phi) is 3.29. The standard InChI is InChI=1S/C9H10BrNO/c1-7(11-6-12)8-4-2-3-5-9(8)10/h2-7H,1H3,(H,11,12)/t7-/m0/s1. The molecule has 0 aliphatic carbocycles. The van der Waals surface area contributed by atoms with E-state index >= 15 is 0 Å². The molecule has 1 atom stereocenters. The highest BCUT2D eigenvalue weighted by molar-refractivity contribution is 9.10. The van der Waals surface area contributed by atoms with Gasteiger partial charge in [-0.25, -0.2) is 0 Å². The molecule has 1 N–H and O–H groups in total. The van der Waals surface area contributed by atoms with E-state index in [1.165, 1.54) is 0 Å². The molecular formula is C9H10BrNO. The van der Waals surface area contributed by atoms with Crippen molar-refractivity contribution in [3.05, 3.63) is 34.3 Å². The van der Waals surface area contributed by atoms with E-state index in [0.29, 0.717) is 6.41 Å². The number of carbonyl (C=O) groups is 1. The molecule has 0 aliphatic heterocycles. The minimum Gasteiger partial charge on any atom is -0.352 e. The summed E-state index contributed by atoms with van der Waals surface area (Å²) in [6, 6.07) is 7.88. The molecule has 0 aliphatic rings. The predicted octanol–water partition coefficient (Wildman–Crippen LogP) is 2.26. The van der Waals surface area contributed by atoms with Crippen LogP contribution in [0, 0.1) is 0 Å². The predicted molar refractivity (Wildman–Crippen MR) is 51.8 cm³/mol. The van der Waals surface area contributed by atoms with E-state index in [1.807, 2.05) is 31.2 Å². The lowest BCUT2D eigenvalue weighted by Crippen LogP contribution is -2.16. The van der Waals surface area contributed by atoms with Gasteiger partial charge in [-0.05, 0) is 18.6 Å². The summed E-state index contributed by atoms with van der Waals surface area (Å²) < 4.78 is 1.02. The number of rotatable bonds is 3. The average Bonchev–Trinajstić information content (AvgIpc) is 2.05. The molecule has 2 nitrogen and oxygen atoms in total. The fourth-order valence-corrected chi connectivity index (χ4v) is 1.65. The van der Waals surface area contributed by atoms with E-state index in [9.17, 15) is 4.79 Å². The van der Waals surface area contributed by atoms with E-state index < -0.39 is 0 Å². The molecule has 3 heteroatoms. The summed E-state index contributed by atoms with van der Waals surface area (Å²) in [5, 5.41) is 2.69. The fourth-order valence-electron chi connectivity index (χ4n) is 1.02. The summed E-state index contributed by atoms with van der Waals surface area (Å²) in [5.41, 5.74) is 1.09. The zero-order chi connectivity index (χ0) is 8.97. The first-order valence-electron chi connectivity index (χ1n) is 3.70. The van der Waals surface area contributed by atoms with Crippen molar-refractivity contribution in [2.75, 3.05) is 0 Å². The second-order valence-corrected chi connectivity index (χ2v) is 3.38. The zero-order valence-electron chi connectivity index (χ0n) is 6.75. The van der Waals surface area contributed by atoms with Gasteiger partial charge in [0.05, 0.1) is 6.04 Å². The van der Waals surface area contributed by atoms with E-state index in [0.717, 1.165) is 10.0 Å². The van der Waals surface area contributed by atoms with Gasteiger partial charge in [0.2, 0.25) is 6.41 Å². The molecule has 0 bridgehead atoms. The average molecular weight is 228 g/mol. The monoisotopic (exact) mass is 227 g/mol. The lowest BCUT2D eigenvalue weighted by Gasteiger charge is -2.11. The van der Waals surface area contributed by atoms with E-state index in [4.69, 9.17) is 0 Å². The maximum Gasteiger partial charge on any atom is 0.207 e. The molecule has 1 rings (SSSR count). The highest BCUT2D eigenvalue weighted by Gasteiger charge is 2.05. The molecule has 0 spiro atoms. The van der Waals surface area contributed by atoms with Crippen molar-refractivity contribution >= 4 is 22.3 Å². The van der Waals surface area contributed by atoms with Crippen LogP contribution in [-0.4, -0.2) is 6.41 Å². The number of hydrogen-bond donors (Lipinski definition) is 1. The molecule has 0 fully saturated rings. The van der Waals surface area contributed by atoms with Crippen molar-refractivity contribution in [1.29, 1.82) is 0 Å². The normalized spacial score (nSPS) is 12.2. The summed E-state index contributed by atoms with van der Waals surface area (Å²) in [5.74, 6) is 0. The number of carbonyl (C=O) groups excluding carboxylic acids is 1. The van der Waals surface area contributed by atoms with Crippen LogP contribution in [0.3, 0.4) is 0 Å². The quantitative estimate of drug-likeness (QED) is 0.790. The number of nitrogens with one attached hydrogen (secondary N) is 1. The highest BCUT2D eigenvalue weighted by Crippen LogP contribution is 2.21. The molecule has 0 unspecified atom stereocenters. The number of benzene rings is 1. The molecule has 12 heavy (non-hydrogen) atoms. The van der Waals surface area contributed by atoms with Crippen molar-refractivity contribution in [1.82, 2.24) is 5.32 Å². The minimum atomic E-state index is 0.0538. The Morgan fingerprint density at radius 1 is 1.50 bits per heavy atom. The van der Waals surface area contributed by atoms with Crippen LogP contribution in [-0.2, 0) is 4.79 Å². The summed E-state index contributed by atoms with van der Waals surface area (Å²) >= 11 is 3.41. The van der Waals surface area contributed by atoms with Gasteiger partial charge in [0.25, 0.3) is 0 Å². The maximum absolute atomic E-state index is 10.2. The maximum atomic E-state index is 10.2. The second kappa shape index (κ2) is 4.26. The summed E-state index contributed by atoms with van der Waals surface area (Å²) in [7, 11) is 0. The third kappa shape index (κ3) is 2.08. The van der Waals surface area contributed by atoms with Gasteiger partial charge in [-0.3, -0.25) is 4.79 Å². The van der Waals surface area contributed by atoms with Crippen LogP contribution in [0.25, 0.3) is 0 Å². The van der Waals surface area contributed by atoms with E-state index in [1.54, 1.807) is 0 Å². The van der Waals surface area contributed by atoms with Crippen molar-refractivity contribution in [2.45, 2.75) is 13.0 Å². The lowest BCUT2D eigenvalue weighted by atomic mass is 10.1. The first kappa shape index (κ1) is 9.26. The van der Waals surface area contributed by atoms with Crippen LogP contribution < -0.4 is 5.32 Å². The van der Waals surface area contributed by atoms with Crippen molar-refractivity contribution in [2.24, 2.45) is 0 Å². The summed E-state index contributed by atoms with van der Waals surface area (Å²) in [6.07, 6.45) is 0.712. The Balaban J connectivity index is 2.86. The largest absolute Gasteiger partial charge is 0.352 e. The van der Waals surface area contributed by atoms with E-state index in [-0.39, 0.29) is 6.04 Å². The summed E-state index contributed by atoms with van der Waals surface area (Å²) in [4.78, 5) is 10.2. The van der Waals surface area contributed by atoms with Gasteiger partial charge in [0.1, 0.15) is 0 Å². The zero-order valence-corrected chi connectivity index (χ0v) is 8.34. The van der Waals surface area contributed by atoms with Crippen LogP contribution in [0.4, 0.5) is 0 Å². The Morgan fingerprint density at radius 3 is 2.75 bits per heavy atom. The molecule has 0 saturated carbocycles. The minimum absolute atomic E-state index is 0.0538. The molecule has 64 valence electrons. The fraction of sp³-hybridized carbons (Fsp3) is 0.222. The van der Waals surface area contributed by atoms with Gasteiger partial charge in [0.15, 0.2) is 0 Å². The molecule has 0 radical (unpaired) electrons. The smallest absolute Gasteiger partial charge is 0.207 e. The SMILES string of the molecule is C[C@H](NC=O)c1ccccc1Br. The number of amides is 1. The van der Waals surface area contributed by atoms with E-state index in [2.05, 4.69) is 21.2 Å². The Morgan fingerprint density at radius 2 is 2.17 bits per heavy atom. The first-order chi connectivity index (χ1) is 5.75. The number of halogens is 1. The van der Waals surface area contributed by atoms with Crippen molar-refractivity contribution in [3.63, 3.8) is 0 Å². The molecule has 1 aromatic carbocycles. The number of hydrogen-bond acceptors (Lipinski definition) is 1. The van der Waals surface area contributed by atoms with Crippen LogP contribution in [0.15, 0.2) is 28.7 Å². The molecule has 1 amide bonds. The van der Waals surface area contributed by atoms with Crippen molar-refractivity contribution in [3.8, 4) is 0 Å². The Hall–Kier alpha value is -0.830. The summed E-state index contributed by atoms with van der Waals surface area (Å²) in [6.45, 7) is 1.94. The first-order valence-corrected chi connectivity index (χ1v) is 4.49. The third-order valence-corrected chi connectivity index (χ3v) is 2.41. The van der Waals surface area contributed by atoms with Crippen LogP contribution in [0.2, 0.25) is 0 Å². The van der Waals surface area contributed by atoms with Crippen molar-refractivity contribution < 1.29 is 4.79 Å². The van der Waals surface area contributed by atoms with Crippen LogP contribution in [0.1, 0.15) is 18.5 Å². The van der Waals surface area contributed by atoms with Gasteiger partial charge >= 0.3 is 0 Å². The highest BCUT2D eigenvalue weighted by atomic mass is 79.9. The van der Waals surface area contributed by atoms with Gasteiger partial charge in [-0.1, -0.05) is 34.1 Å². The Labute approximate surface area is 80.1 Å². The Bertz CT molecular complexity index is 275. The van der Waals surface area contributed by atoms with Gasteiger partial charge in [-0.2, -0.15) is 0 Å². The third-order valence-electron chi connectivity index (χ3n) is 1.69. The molecular weight excluding hydrogens is 218 g/mol. The molecule has 0 heterocycles.